The molecule has 0 saturated heterocycles. The van der Waals surface area contributed by atoms with Gasteiger partial charge in [0.25, 0.3) is 5.56 Å². The molecule has 0 unspecified atom stereocenters. The van der Waals surface area contributed by atoms with Crippen LogP contribution in [-0.2, 0) is 9.84 Å². The summed E-state index contributed by atoms with van der Waals surface area (Å²) in [4.78, 5) is 24.9. The zero-order valence-electron chi connectivity index (χ0n) is 20.3. The summed E-state index contributed by atoms with van der Waals surface area (Å²) < 4.78 is 69.3. The van der Waals surface area contributed by atoms with Gasteiger partial charge in [-0.3, -0.25) is 14.3 Å². The van der Waals surface area contributed by atoms with Crippen LogP contribution in [0.4, 0.5) is 13.2 Å². The highest BCUT2D eigenvalue weighted by Gasteiger charge is 2.43. The standard InChI is InChI=1S/C26H20ClF3N4O3S/c1-12-9-31-23(15-5-4-6-19(21(15)29)38(3,36)37)22(30)24(12)34-13(2)7-17(20(27)26(34)35)16-8-18(16)25-32-10-14(28)11-33-25/h4-7,9-11,16,18H,8H2,1-3H3/t16-,18+/m1/s1. The van der Waals surface area contributed by atoms with Gasteiger partial charge in [-0.1, -0.05) is 17.7 Å². The number of hydrogen-bond acceptors (Lipinski definition) is 6. The molecule has 3 aromatic heterocycles. The SMILES string of the molecule is Cc1cnc(-c2cccc(S(C)(=O)=O)c2F)c(F)c1-n1c(C)cc([C@H]2C[C@@H]2c2ncc(F)cn2)c(Cl)c1=O. The summed E-state index contributed by atoms with van der Waals surface area (Å²) in [5.41, 5.74) is -0.478. The fraction of sp³-hybridized carbons (Fsp3) is 0.231. The third-order valence-electron chi connectivity index (χ3n) is 6.54. The minimum Gasteiger partial charge on any atom is -0.277 e. The molecular formula is C26H20ClF3N4O3S. The van der Waals surface area contributed by atoms with E-state index in [0.29, 0.717) is 23.5 Å². The fourth-order valence-corrected chi connectivity index (χ4v) is 5.67. The molecule has 196 valence electrons. The smallest absolute Gasteiger partial charge is 0.274 e. The van der Waals surface area contributed by atoms with E-state index in [4.69, 9.17) is 11.6 Å². The van der Waals surface area contributed by atoms with Crippen molar-refractivity contribution < 1.29 is 21.6 Å². The molecule has 0 aliphatic heterocycles. The summed E-state index contributed by atoms with van der Waals surface area (Å²) in [6.45, 7) is 3.14. The van der Waals surface area contributed by atoms with Crippen molar-refractivity contribution in [1.29, 1.82) is 0 Å². The summed E-state index contributed by atoms with van der Waals surface area (Å²) >= 11 is 6.49. The van der Waals surface area contributed by atoms with Crippen molar-refractivity contribution in [3.63, 3.8) is 0 Å². The first-order valence-electron chi connectivity index (χ1n) is 11.4. The van der Waals surface area contributed by atoms with Gasteiger partial charge in [0.2, 0.25) is 0 Å². The summed E-state index contributed by atoms with van der Waals surface area (Å²) in [5, 5.41) is -0.118. The van der Waals surface area contributed by atoms with Crippen LogP contribution in [0.2, 0.25) is 5.02 Å². The van der Waals surface area contributed by atoms with Crippen LogP contribution in [0.5, 0.6) is 0 Å². The summed E-state index contributed by atoms with van der Waals surface area (Å²) in [6, 6.07) is 5.25. The highest BCUT2D eigenvalue weighted by atomic mass is 35.5. The maximum Gasteiger partial charge on any atom is 0.274 e. The summed E-state index contributed by atoms with van der Waals surface area (Å²) in [6.07, 6.45) is 4.87. The predicted octanol–water partition coefficient (Wildman–Crippen LogP) is 5.05. The second-order valence-corrected chi connectivity index (χ2v) is 11.6. The van der Waals surface area contributed by atoms with E-state index in [1.165, 1.54) is 25.3 Å². The van der Waals surface area contributed by atoms with Crippen molar-refractivity contribution in [3.05, 3.63) is 98.3 Å². The number of rotatable bonds is 5. The van der Waals surface area contributed by atoms with E-state index in [9.17, 15) is 17.6 Å². The Morgan fingerprint density at radius 1 is 1.00 bits per heavy atom. The molecule has 5 rings (SSSR count). The van der Waals surface area contributed by atoms with E-state index in [2.05, 4.69) is 15.0 Å². The van der Waals surface area contributed by atoms with Gasteiger partial charge in [0.05, 0.1) is 18.1 Å². The number of nitrogens with zero attached hydrogens (tertiary/aromatic N) is 4. The molecule has 1 aromatic carbocycles. The second-order valence-electron chi connectivity index (χ2n) is 9.25. The van der Waals surface area contributed by atoms with Crippen molar-refractivity contribution in [2.24, 2.45) is 0 Å². The first-order chi connectivity index (χ1) is 17.9. The molecule has 1 saturated carbocycles. The Morgan fingerprint density at radius 2 is 1.68 bits per heavy atom. The molecule has 0 bridgehead atoms. The van der Waals surface area contributed by atoms with Crippen LogP contribution in [0, 0.1) is 31.3 Å². The van der Waals surface area contributed by atoms with Crippen molar-refractivity contribution >= 4 is 21.4 Å². The van der Waals surface area contributed by atoms with E-state index in [1.54, 1.807) is 13.0 Å². The molecule has 0 amide bonds. The average Bonchev–Trinajstić information content (AvgIpc) is 3.64. The van der Waals surface area contributed by atoms with Crippen LogP contribution in [0.15, 0.2) is 52.5 Å². The van der Waals surface area contributed by atoms with Crippen LogP contribution >= 0.6 is 11.6 Å². The second kappa shape index (κ2) is 9.32. The third-order valence-corrected chi connectivity index (χ3v) is 8.04. The molecule has 1 aliphatic carbocycles. The maximum atomic E-state index is 16.0. The molecule has 4 aromatic rings. The van der Waals surface area contributed by atoms with Gasteiger partial charge in [-0.05, 0) is 55.5 Å². The Bertz CT molecular complexity index is 1780. The quantitative estimate of drug-likeness (QED) is 0.339. The molecule has 12 heteroatoms. The largest absolute Gasteiger partial charge is 0.277 e. The molecule has 1 fully saturated rings. The maximum absolute atomic E-state index is 16.0. The van der Waals surface area contributed by atoms with E-state index in [0.717, 1.165) is 29.3 Å². The van der Waals surface area contributed by atoms with Gasteiger partial charge in [-0.15, -0.1) is 0 Å². The molecule has 3 heterocycles. The Kier molecular flexibility index (Phi) is 6.39. The Balaban J connectivity index is 1.61. The number of aromatic nitrogens is 4. The number of sulfone groups is 1. The lowest BCUT2D eigenvalue weighted by atomic mass is 10.1. The number of pyridine rings is 2. The van der Waals surface area contributed by atoms with Gasteiger partial charge in [0.1, 0.15) is 21.4 Å². The van der Waals surface area contributed by atoms with Crippen LogP contribution in [0.25, 0.3) is 16.9 Å². The van der Waals surface area contributed by atoms with Gasteiger partial charge in [0.15, 0.2) is 27.3 Å². The Labute approximate surface area is 220 Å². The molecule has 7 nitrogen and oxygen atoms in total. The zero-order valence-corrected chi connectivity index (χ0v) is 21.9. The zero-order chi connectivity index (χ0) is 27.5. The van der Waals surface area contributed by atoms with Gasteiger partial charge in [-0.25, -0.2) is 31.6 Å². The monoisotopic (exact) mass is 560 g/mol. The number of hydrogen-bond donors (Lipinski definition) is 0. The van der Waals surface area contributed by atoms with E-state index in [-0.39, 0.29) is 33.7 Å². The van der Waals surface area contributed by atoms with Crippen LogP contribution in [0.1, 0.15) is 40.9 Å². The van der Waals surface area contributed by atoms with Gasteiger partial charge in [0, 0.05) is 29.6 Å². The summed E-state index contributed by atoms with van der Waals surface area (Å²) in [5.74, 6) is -2.57. The van der Waals surface area contributed by atoms with Crippen molar-refractivity contribution in [2.45, 2.75) is 37.0 Å². The predicted molar refractivity (Wildman–Crippen MR) is 135 cm³/mol. The lowest BCUT2D eigenvalue weighted by Gasteiger charge is -2.18. The van der Waals surface area contributed by atoms with E-state index >= 15 is 8.78 Å². The van der Waals surface area contributed by atoms with Gasteiger partial charge >= 0.3 is 0 Å². The lowest BCUT2D eigenvalue weighted by Crippen LogP contribution is -2.24. The van der Waals surface area contributed by atoms with Crippen LogP contribution in [-0.4, -0.2) is 34.2 Å². The minimum absolute atomic E-state index is 0.118. The molecular weight excluding hydrogens is 541 g/mol. The molecule has 0 N–H and O–H groups in total. The van der Waals surface area contributed by atoms with Crippen molar-refractivity contribution in [2.75, 3.05) is 6.26 Å². The Hall–Kier alpha value is -3.57. The lowest BCUT2D eigenvalue weighted by molar-refractivity contribution is 0.569. The summed E-state index contributed by atoms with van der Waals surface area (Å²) in [7, 11) is -3.93. The van der Waals surface area contributed by atoms with E-state index in [1.807, 2.05) is 0 Å². The van der Waals surface area contributed by atoms with Crippen molar-refractivity contribution in [1.82, 2.24) is 19.5 Å². The fourth-order valence-electron chi connectivity index (χ4n) is 4.63. The third kappa shape index (κ3) is 4.39. The highest BCUT2D eigenvalue weighted by Crippen LogP contribution is 2.54. The van der Waals surface area contributed by atoms with Crippen LogP contribution < -0.4 is 5.56 Å². The molecule has 0 radical (unpaired) electrons. The van der Waals surface area contributed by atoms with Crippen LogP contribution in [0.3, 0.4) is 0 Å². The van der Waals surface area contributed by atoms with Crippen molar-refractivity contribution in [3.8, 4) is 16.9 Å². The average molecular weight is 561 g/mol. The molecule has 0 spiro atoms. The first-order valence-corrected chi connectivity index (χ1v) is 13.7. The molecule has 1 aliphatic rings. The van der Waals surface area contributed by atoms with Gasteiger partial charge < -0.3 is 0 Å². The topological polar surface area (TPSA) is 94.8 Å². The normalized spacial score (nSPS) is 17.0. The molecule has 2 atom stereocenters. The number of aryl methyl sites for hydroxylation is 2. The number of halogens is 4. The van der Waals surface area contributed by atoms with Gasteiger partial charge in [-0.2, -0.15) is 0 Å². The first kappa shape index (κ1) is 26.1. The Morgan fingerprint density at radius 3 is 2.34 bits per heavy atom. The number of benzene rings is 1. The molecule has 38 heavy (non-hydrogen) atoms. The highest BCUT2D eigenvalue weighted by molar-refractivity contribution is 7.90. The minimum atomic E-state index is -3.93. The van der Waals surface area contributed by atoms with E-state index < -0.39 is 43.4 Å².